The monoisotopic (exact) mass is 292 g/mol. The van der Waals surface area contributed by atoms with Gasteiger partial charge in [-0.1, -0.05) is 0 Å². The van der Waals surface area contributed by atoms with E-state index in [-0.39, 0.29) is 18.0 Å². The molecule has 2 heterocycles. The number of amides is 1. The number of hydrogen-bond donors (Lipinski definition) is 4. The number of aromatic nitrogens is 1. The number of carbonyl (C=O) groups is 1. The first-order chi connectivity index (χ1) is 8.54. The summed E-state index contributed by atoms with van der Waals surface area (Å²) in [5, 5.41) is 28.4. The minimum Gasteiger partial charge on any atom is -1.00 e. The smallest absolute Gasteiger partial charge is 0.292 e. The fourth-order valence-corrected chi connectivity index (χ4v) is 1.92. The Hall–Kier alpha value is -1.25. The van der Waals surface area contributed by atoms with Gasteiger partial charge in [0.2, 0.25) is 0 Å². The largest absolute Gasteiger partial charge is 1.00 e. The quantitative estimate of drug-likeness (QED) is 0.415. The number of hydrogen-bond acceptors (Lipinski definition) is 5. The van der Waals surface area contributed by atoms with Crippen LogP contribution in [0.3, 0.4) is 0 Å². The minimum absolute atomic E-state index is 0. The summed E-state index contributed by atoms with van der Waals surface area (Å²) < 4.78 is 6.75. The molecule has 1 aliphatic heterocycles. The fourth-order valence-electron chi connectivity index (χ4n) is 1.92. The van der Waals surface area contributed by atoms with Crippen molar-refractivity contribution in [3.63, 3.8) is 0 Å². The number of primary amides is 1. The van der Waals surface area contributed by atoms with Gasteiger partial charge >= 0.3 is 0 Å². The maximum atomic E-state index is 11.1. The summed E-state index contributed by atoms with van der Waals surface area (Å²) >= 11 is 0. The Morgan fingerprint density at radius 2 is 2.11 bits per heavy atom. The number of carbonyl (C=O) groups excluding carboxylic acids is 1. The Bertz CT molecular complexity index is 458. The Labute approximate surface area is 115 Å². The summed E-state index contributed by atoms with van der Waals surface area (Å²) in [6.07, 6.45) is -1.08. The molecule has 1 aromatic rings. The minimum atomic E-state index is -1.18. The molecule has 2 rings (SSSR count). The van der Waals surface area contributed by atoms with Crippen molar-refractivity contribution in [1.29, 1.82) is 0 Å². The number of halogens is 1. The van der Waals surface area contributed by atoms with Crippen molar-refractivity contribution < 1.29 is 41.8 Å². The molecule has 0 unspecified atom stereocenters. The van der Waals surface area contributed by atoms with Gasteiger partial charge in [-0.25, -0.2) is 0 Å². The molecule has 1 saturated heterocycles. The predicted molar refractivity (Wildman–Crippen MR) is 58.2 cm³/mol. The lowest BCUT2D eigenvalue weighted by Gasteiger charge is -2.09. The van der Waals surface area contributed by atoms with Gasteiger partial charge in [-0.05, 0) is 6.07 Å². The van der Waals surface area contributed by atoms with Crippen LogP contribution >= 0.6 is 0 Å². The highest BCUT2D eigenvalue weighted by atomic mass is 35.5. The van der Waals surface area contributed by atoms with E-state index in [0.717, 1.165) is 0 Å². The van der Waals surface area contributed by atoms with Gasteiger partial charge in [-0.15, -0.1) is 0 Å². The van der Waals surface area contributed by atoms with Crippen molar-refractivity contribution in [2.75, 3.05) is 6.61 Å². The molecule has 4 atom stereocenters. The maximum Gasteiger partial charge on any atom is 0.292 e. The first kappa shape index (κ1) is 15.8. The SMILES string of the molecule is NC(=O)c1ccc[16n+]([C@@H]2O[C@H](CO)[C@@H](O)[C@H]2O)c1.[Cl-]. The molecule has 8 heteroatoms. The van der Waals surface area contributed by atoms with Crippen molar-refractivity contribution in [2.24, 2.45) is 5.73 Å². The average Bonchev–Trinajstić information content (AvgIpc) is 2.66. The molecule has 5 N–H and O–H groups in total. The summed E-state index contributed by atoms with van der Waals surface area (Å²) in [5.41, 5.74) is 5.41. The van der Waals surface area contributed by atoms with E-state index in [0.29, 0.717) is 0 Å². The molecule has 0 aromatic carbocycles. The predicted octanol–water partition coefficient (Wildman–Crippen LogP) is -5.31. The third-order valence-electron chi connectivity index (χ3n) is 2.92. The van der Waals surface area contributed by atoms with Gasteiger partial charge < -0.3 is 38.2 Å². The van der Waals surface area contributed by atoms with E-state index in [1.54, 1.807) is 12.3 Å². The lowest BCUT2D eigenvalue weighted by atomic mass is 10.1. The first-order valence-electron chi connectivity index (χ1n) is 5.47. The second-order valence-electron chi connectivity index (χ2n) is 4.13. The standard InChI is InChI=1S/C11H14N2O5.ClH/c12-10(17)6-2-1-3-13(4-6)11-9(16)8(15)7(5-14)18-11;/h1-4,7-9,11,14-16H,5H2,(H-,12,17);1H/t7-,8-,9-,11-;/m1./s1/i13+2;. The van der Waals surface area contributed by atoms with E-state index < -0.39 is 37.1 Å². The van der Waals surface area contributed by atoms with Crippen molar-refractivity contribution >= 4 is 5.91 Å². The summed E-state index contributed by atoms with van der Waals surface area (Å²) in [6.45, 7) is -0.398. The summed E-state index contributed by atoms with van der Waals surface area (Å²) in [5.74, 6) is -0.601. The summed E-state index contributed by atoms with van der Waals surface area (Å²) in [7, 11) is 0. The van der Waals surface area contributed by atoms with Gasteiger partial charge in [0, 0.05) is 6.07 Å². The van der Waals surface area contributed by atoms with Gasteiger partial charge in [0.1, 0.15) is 17.8 Å². The highest BCUT2D eigenvalue weighted by Gasteiger charge is 2.47. The molecule has 0 aliphatic carbocycles. The molecule has 7 nitrogen and oxygen atoms in total. The zero-order chi connectivity index (χ0) is 13.3. The molecular weight excluding hydrogens is 278 g/mol. The van der Waals surface area contributed by atoms with Crippen LogP contribution in [0.2, 0.25) is 0 Å². The lowest BCUT2D eigenvalue weighted by molar-refractivity contribution is -0.765. The molecule has 19 heavy (non-hydrogen) atoms. The lowest BCUT2D eigenvalue weighted by Crippen LogP contribution is -3.00. The van der Waals surface area contributed by atoms with Crippen LogP contribution in [0.15, 0.2) is 24.5 Å². The number of nitrogens with zero attached hydrogens (tertiary/aromatic N) is 1. The zero-order valence-corrected chi connectivity index (χ0v) is 10.6. The summed E-state index contributed by atoms with van der Waals surface area (Å²) in [4.78, 5) is 11.1. The highest BCUT2D eigenvalue weighted by molar-refractivity contribution is 5.92. The van der Waals surface area contributed by atoms with Crippen LogP contribution in [-0.2, 0) is 4.74 Å². The third-order valence-corrected chi connectivity index (χ3v) is 2.92. The van der Waals surface area contributed by atoms with Crippen LogP contribution < -0.4 is 22.7 Å². The van der Waals surface area contributed by atoms with E-state index in [4.69, 9.17) is 15.6 Å². The van der Waals surface area contributed by atoms with Gasteiger partial charge in [-0.3, -0.25) is 4.79 Å². The molecule has 1 aromatic heterocycles. The van der Waals surface area contributed by atoms with Crippen molar-refractivity contribution in [2.45, 2.75) is 24.5 Å². The van der Waals surface area contributed by atoms with E-state index in [1.807, 2.05) is 0 Å². The van der Waals surface area contributed by atoms with Gasteiger partial charge in [0.25, 0.3) is 12.1 Å². The normalized spacial score (nSPS) is 29.8. The Morgan fingerprint density at radius 3 is 2.63 bits per heavy atom. The van der Waals surface area contributed by atoms with E-state index in [2.05, 4.69) is 0 Å². The van der Waals surface area contributed by atoms with Crippen molar-refractivity contribution in [1.82, 2.24) is 0 Å². The van der Waals surface area contributed by atoms with Crippen molar-refractivity contribution in [3.05, 3.63) is 30.1 Å². The third kappa shape index (κ3) is 3.02. The first-order valence-corrected chi connectivity index (χ1v) is 5.47. The van der Waals surface area contributed by atoms with E-state index >= 15 is 0 Å². The maximum absolute atomic E-state index is 11.1. The van der Waals surface area contributed by atoms with Crippen LogP contribution in [0.5, 0.6) is 0 Å². The number of nitrogens with two attached hydrogens (primary N) is 1. The van der Waals surface area contributed by atoms with E-state index in [9.17, 15) is 15.0 Å². The second kappa shape index (κ2) is 6.27. The highest BCUT2D eigenvalue weighted by Crippen LogP contribution is 2.24. The Morgan fingerprint density at radius 1 is 1.42 bits per heavy atom. The summed E-state index contributed by atoms with van der Waals surface area (Å²) in [6, 6.07) is 3.11. The molecule has 1 amide bonds. The zero-order valence-electron chi connectivity index (χ0n) is 9.89. The molecule has 0 spiro atoms. The van der Waals surface area contributed by atoms with Crippen LogP contribution in [0.1, 0.15) is 16.6 Å². The molecule has 0 saturated carbocycles. The molecule has 0 radical (unpaired) electrons. The molecule has 0 bridgehead atoms. The number of rotatable bonds is 3. The molecule has 1 fully saturated rings. The van der Waals surface area contributed by atoms with Crippen molar-refractivity contribution in [3.8, 4) is 0 Å². The van der Waals surface area contributed by atoms with Gasteiger partial charge in [-0.2, -0.15) is 4.57 Å². The Balaban J connectivity index is 0.00000180. The van der Waals surface area contributed by atoms with Crippen LogP contribution in [0.4, 0.5) is 0 Å². The molecule has 106 valence electrons. The van der Waals surface area contributed by atoms with E-state index in [1.165, 1.54) is 16.8 Å². The van der Waals surface area contributed by atoms with Crippen LogP contribution in [0, 0.1) is 0 Å². The fraction of sp³-hybridized carbons (Fsp3) is 0.455. The number of aliphatic hydroxyl groups excluding tert-OH is 3. The van der Waals surface area contributed by atoms with Crippen LogP contribution in [0.25, 0.3) is 0 Å². The van der Waals surface area contributed by atoms with Crippen LogP contribution in [-0.4, -0.2) is 46.1 Å². The number of ether oxygens (including phenoxy) is 1. The molecule has 1 aliphatic rings. The number of pyridine rings is 1. The van der Waals surface area contributed by atoms with Gasteiger partial charge in [0.05, 0.1) is 6.61 Å². The topological polar surface area (TPSA) is 117 Å². The average molecular weight is 293 g/mol. The second-order valence-corrected chi connectivity index (χ2v) is 4.13. The Kier molecular flexibility index (Phi) is 5.21. The molecular formula is C11H15ClN2O5. The van der Waals surface area contributed by atoms with Gasteiger partial charge in [0.15, 0.2) is 18.5 Å². The number of aliphatic hydroxyl groups is 3.